The lowest BCUT2D eigenvalue weighted by Gasteiger charge is -2.16. The third kappa shape index (κ3) is 3.48. The SMILES string of the molecule is COc1ccc(CCN2C(=O)C(=O)N(c3ccc(C)cc3)C2=O)cc1OC. The van der Waals surface area contributed by atoms with Crippen molar-refractivity contribution >= 4 is 23.5 Å². The second-order valence-corrected chi connectivity index (χ2v) is 6.15. The van der Waals surface area contributed by atoms with Gasteiger partial charge in [0, 0.05) is 6.54 Å². The van der Waals surface area contributed by atoms with E-state index in [0.717, 1.165) is 20.9 Å². The summed E-state index contributed by atoms with van der Waals surface area (Å²) in [6.07, 6.45) is 0.396. The van der Waals surface area contributed by atoms with Crippen molar-refractivity contribution in [2.75, 3.05) is 25.7 Å². The molecular weight excluding hydrogens is 348 g/mol. The summed E-state index contributed by atoms with van der Waals surface area (Å²) in [7, 11) is 3.08. The Bertz CT molecular complexity index is 892. The van der Waals surface area contributed by atoms with E-state index >= 15 is 0 Å². The molecule has 0 saturated carbocycles. The summed E-state index contributed by atoms with van der Waals surface area (Å²) in [4.78, 5) is 39.1. The van der Waals surface area contributed by atoms with Crippen molar-refractivity contribution in [1.82, 2.24) is 4.90 Å². The number of anilines is 1. The van der Waals surface area contributed by atoms with E-state index in [9.17, 15) is 14.4 Å². The van der Waals surface area contributed by atoms with Gasteiger partial charge >= 0.3 is 17.8 Å². The smallest absolute Gasteiger partial charge is 0.338 e. The zero-order valence-corrected chi connectivity index (χ0v) is 15.4. The number of carbonyl (C=O) groups is 3. The maximum atomic E-state index is 12.6. The molecule has 3 rings (SSSR count). The van der Waals surface area contributed by atoms with Crippen LogP contribution in [0.25, 0.3) is 0 Å². The summed E-state index contributed by atoms with van der Waals surface area (Å²) in [5.74, 6) is -0.501. The van der Waals surface area contributed by atoms with E-state index in [1.165, 1.54) is 7.11 Å². The number of hydrogen-bond donors (Lipinski definition) is 0. The van der Waals surface area contributed by atoms with Gasteiger partial charge in [-0.15, -0.1) is 0 Å². The summed E-state index contributed by atoms with van der Waals surface area (Å²) in [5, 5.41) is 0. The van der Waals surface area contributed by atoms with Crippen molar-refractivity contribution in [2.24, 2.45) is 0 Å². The van der Waals surface area contributed by atoms with Gasteiger partial charge in [-0.05, 0) is 43.2 Å². The number of carbonyl (C=O) groups excluding carboxylic acids is 3. The van der Waals surface area contributed by atoms with Gasteiger partial charge in [-0.3, -0.25) is 14.5 Å². The summed E-state index contributed by atoms with van der Waals surface area (Å²) in [6.45, 7) is 2.00. The Morgan fingerprint density at radius 1 is 0.852 bits per heavy atom. The highest BCUT2D eigenvalue weighted by Gasteiger charge is 2.44. The number of rotatable bonds is 6. The zero-order valence-electron chi connectivity index (χ0n) is 15.4. The molecule has 1 aliphatic rings. The Labute approximate surface area is 157 Å². The molecule has 27 heavy (non-hydrogen) atoms. The second kappa shape index (κ2) is 7.49. The molecule has 1 heterocycles. The van der Waals surface area contributed by atoms with Gasteiger partial charge in [0.25, 0.3) is 0 Å². The van der Waals surface area contributed by atoms with Gasteiger partial charge in [-0.25, -0.2) is 9.69 Å². The molecule has 1 saturated heterocycles. The minimum atomic E-state index is -0.837. The number of hydrogen-bond acceptors (Lipinski definition) is 5. The fraction of sp³-hybridized carbons (Fsp3) is 0.250. The topological polar surface area (TPSA) is 76.2 Å². The average Bonchev–Trinajstić information content (AvgIpc) is 2.89. The summed E-state index contributed by atoms with van der Waals surface area (Å²) >= 11 is 0. The lowest BCUT2D eigenvalue weighted by Crippen LogP contribution is -2.34. The van der Waals surface area contributed by atoms with Gasteiger partial charge in [0.2, 0.25) is 0 Å². The van der Waals surface area contributed by atoms with Crippen LogP contribution in [-0.4, -0.2) is 43.5 Å². The van der Waals surface area contributed by atoms with Crippen LogP contribution in [0.5, 0.6) is 11.5 Å². The Balaban J connectivity index is 1.76. The summed E-state index contributed by atoms with van der Waals surface area (Å²) < 4.78 is 10.5. The highest BCUT2D eigenvalue weighted by Crippen LogP contribution is 2.28. The third-order valence-electron chi connectivity index (χ3n) is 4.42. The molecular formula is C20H20N2O5. The molecule has 0 spiro atoms. The van der Waals surface area contributed by atoms with E-state index in [0.29, 0.717) is 23.6 Å². The first-order chi connectivity index (χ1) is 13.0. The van der Waals surface area contributed by atoms with Crippen LogP contribution in [0.2, 0.25) is 0 Å². The monoisotopic (exact) mass is 368 g/mol. The Hall–Kier alpha value is -3.35. The van der Waals surface area contributed by atoms with E-state index in [1.54, 1.807) is 43.5 Å². The van der Waals surface area contributed by atoms with Crippen molar-refractivity contribution in [3.63, 3.8) is 0 Å². The van der Waals surface area contributed by atoms with Crippen LogP contribution in [0.15, 0.2) is 42.5 Å². The number of ether oxygens (including phenoxy) is 2. The largest absolute Gasteiger partial charge is 0.493 e. The minimum Gasteiger partial charge on any atom is -0.493 e. The van der Waals surface area contributed by atoms with Gasteiger partial charge in [0.15, 0.2) is 11.5 Å². The molecule has 1 aliphatic heterocycles. The van der Waals surface area contributed by atoms with Crippen LogP contribution < -0.4 is 14.4 Å². The molecule has 2 aromatic carbocycles. The molecule has 7 nitrogen and oxygen atoms in total. The van der Waals surface area contributed by atoms with Crippen molar-refractivity contribution in [1.29, 1.82) is 0 Å². The predicted molar refractivity (Wildman–Crippen MR) is 99.0 cm³/mol. The molecule has 7 heteroatoms. The van der Waals surface area contributed by atoms with Gasteiger partial charge < -0.3 is 9.47 Å². The molecule has 0 bridgehead atoms. The fourth-order valence-corrected chi connectivity index (χ4v) is 2.90. The van der Waals surface area contributed by atoms with Crippen LogP contribution in [0.4, 0.5) is 10.5 Å². The molecule has 2 aromatic rings. The van der Waals surface area contributed by atoms with Crippen LogP contribution in [0.1, 0.15) is 11.1 Å². The summed E-state index contributed by atoms with van der Waals surface area (Å²) in [6, 6.07) is 11.6. The number of aryl methyl sites for hydroxylation is 1. The molecule has 0 aliphatic carbocycles. The highest BCUT2D eigenvalue weighted by atomic mass is 16.5. The second-order valence-electron chi connectivity index (χ2n) is 6.15. The first-order valence-corrected chi connectivity index (χ1v) is 8.43. The predicted octanol–water partition coefficient (Wildman–Crippen LogP) is 2.55. The Kier molecular flexibility index (Phi) is 5.12. The summed E-state index contributed by atoms with van der Waals surface area (Å²) in [5.41, 5.74) is 2.24. The van der Waals surface area contributed by atoms with Crippen molar-refractivity contribution in [3.05, 3.63) is 53.6 Å². The molecule has 0 N–H and O–H groups in total. The Morgan fingerprint density at radius 2 is 1.52 bits per heavy atom. The molecule has 4 amide bonds. The molecule has 0 unspecified atom stereocenters. The number of benzene rings is 2. The number of amides is 4. The lowest BCUT2D eigenvalue weighted by molar-refractivity contribution is -0.139. The standard InChI is InChI=1S/C20H20N2O5/c1-13-4-7-15(8-5-13)22-19(24)18(23)21(20(22)25)11-10-14-6-9-16(26-2)17(12-14)27-3/h4-9,12H,10-11H2,1-3H3. The molecule has 0 atom stereocenters. The van der Waals surface area contributed by atoms with Crippen LogP contribution in [-0.2, 0) is 16.0 Å². The van der Waals surface area contributed by atoms with Crippen molar-refractivity contribution in [3.8, 4) is 11.5 Å². The van der Waals surface area contributed by atoms with Crippen molar-refractivity contribution < 1.29 is 23.9 Å². The van der Waals surface area contributed by atoms with E-state index in [2.05, 4.69) is 0 Å². The van der Waals surface area contributed by atoms with Crippen LogP contribution in [0.3, 0.4) is 0 Å². The van der Waals surface area contributed by atoms with Crippen molar-refractivity contribution in [2.45, 2.75) is 13.3 Å². The highest BCUT2D eigenvalue weighted by molar-refractivity contribution is 6.52. The number of nitrogens with zero attached hydrogens (tertiary/aromatic N) is 2. The van der Waals surface area contributed by atoms with Crippen LogP contribution >= 0.6 is 0 Å². The van der Waals surface area contributed by atoms with Gasteiger partial charge in [-0.1, -0.05) is 23.8 Å². The minimum absolute atomic E-state index is 0.0985. The maximum Gasteiger partial charge on any atom is 0.338 e. The molecule has 1 fully saturated rings. The normalized spacial score (nSPS) is 14.1. The number of methoxy groups -OCH3 is 2. The quantitative estimate of drug-likeness (QED) is 0.579. The number of urea groups is 1. The Morgan fingerprint density at radius 3 is 2.15 bits per heavy atom. The van der Waals surface area contributed by atoms with E-state index < -0.39 is 17.8 Å². The van der Waals surface area contributed by atoms with Gasteiger partial charge in [-0.2, -0.15) is 0 Å². The first kappa shape index (κ1) is 18.4. The fourth-order valence-electron chi connectivity index (χ4n) is 2.90. The number of imide groups is 2. The van der Waals surface area contributed by atoms with E-state index in [-0.39, 0.29) is 6.54 Å². The zero-order chi connectivity index (χ0) is 19.6. The van der Waals surface area contributed by atoms with Crippen LogP contribution in [0, 0.1) is 6.92 Å². The maximum absolute atomic E-state index is 12.6. The van der Waals surface area contributed by atoms with E-state index in [1.807, 2.05) is 13.0 Å². The van der Waals surface area contributed by atoms with Gasteiger partial charge in [0.1, 0.15) is 0 Å². The van der Waals surface area contributed by atoms with E-state index in [4.69, 9.17) is 9.47 Å². The van der Waals surface area contributed by atoms with Gasteiger partial charge in [0.05, 0.1) is 19.9 Å². The first-order valence-electron chi connectivity index (χ1n) is 8.43. The molecule has 0 aromatic heterocycles. The lowest BCUT2D eigenvalue weighted by atomic mass is 10.1. The molecule has 140 valence electrons. The third-order valence-corrected chi connectivity index (χ3v) is 4.42. The average molecular weight is 368 g/mol. The molecule has 0 radical (unpaired) electrons.